The molecule has 2 aromatic rings. The van der Waals surface area contributed by atoms with Crippen LogP contribution in [-0.2, 0) is 23.9 Å². The molecule has 5 aliphatic rings. The summed E-state index contributed by atoms with van der Waals surface area (Å²) in [5, 5.41) is 3.57. The number of nitrogens with zero attached hydrogens (tertiary/aromatic N) is 4. The van der Waals surface area contributed by atoms with Gasteiger partial charge in [0.15, 0.2) is 5.82 Å². The average Bonchev–Trinajstić information content (AvgIpc) is 3.43. The number of nitrogens with two attached hydrogens (primary N) is 1. The molecule has 8 nitrogen and oxygen atoms in total. The zero-order valence-electron chi connectivity index (χ0n) is 23.5. The number of nitrogens with one attached hydrogen (secondary N) is 1. The molecule has 1 saturated carbocycles. The number of fused-ring (bicyclic) bond motifs is 2. The van der Waals surface area contributed by atoms with Gasteiger partial charge >= 0.3 is 12.2 Å². The van der Waals surface area contributed by atoms with Gasteiger partial charge in [0.05, 0.1) is 35.2 Å². The summed E-state index contributed by atoms with van der Waals surface area (Å²) in [7, 11) is 0. The first-order valence-corrected chi connectivity index (χ1v) is 14.7. The Morgan fingerprint density at radius 3 is 2.79 bits per heavy atom. The van der Waals surface area contributed by atoms with Crippen molar-refractivity contribution in [2.75, 3.05) is 50.0 Å². The van der Waals surface area contributed by atoms with Crippen LogP contribution in [0.1, 0.15) is 66.2 Å². The van der Waals surface area contributed by atoms with Gasteiger partial charge in [-0.2, -0.15) is 23.1 Å². The molecule has 42 heavy (non-hydrogen) atoms. The number of aromatic nitrogens is 2. The van der Waals surface area contributed by atoms with Crippen molar-refractivity contribution in [2.24, 2.45) is 0 Å². The molecule has 228 valence electrons. The van der Waals surface area contributed by atoms with Crippen molar-refractivity contribution in [3.63, 3.8) is 0 Å². The van der Waals surface area contributed by atoms with Crippen molar-refractivity contribution >= 4 is 11.5 Å². The molecule has 0 bridgehead atoms. The molecule has 3 N–H and O–H groups in total. The maximum atomic E-state index is 15.3. The maximum absolute atomic E-state index is 15.3. The predicted molar refractivity (Wildman–Crippen MR) is 145 cm³/mol. The number of nitrogen functional groups attached to an aromatic ring is 1. The Morgan fingerprint density at radius 1 is 1.21 bits per heavy atom. The van der Waals surface area contributed by atoms with Gasteiger partial charge in [0, 0.05) is 55.7 Å². The van der Waals surface area contributed by atoms with Crippen LogP contribution in [0, 0.1) is 12.7 Å². The molecule has 0 unspecified atom stereocenters. The number of rotatable bonds is 5. The van der Waals surface area contributed by atoms with Gasteiger partial charge in [0.2, 0.25) is 0 Å². The third-order valence-corrected chi connectivity index (χ3v) is 9.75. The van der Waals surface area contributed by atoms with Crippen LogP contribution in [0.25, 0.3) is 0 Å². The summed E-state index contributed by atoms with van der Waals surface area (Å²) >= 11 is 0. The molecule has 4 fully saturated rings. The first kappa shape index (κ1) is 28.0. The predicted octanol–water partition coefficient (Wildman–Crippen LogP) is 4.24. The van der Waals surface area contributed by atoms with Crippen LogP contribution in [0.15, 0.2) is 6.07 Å². The molecule has 3 atom stereocenters. The van der Waals surface area contributed by atoms with Crippen LogP contribution in [0.3, 0.4) is 0 Å². The number of hydrogen-bond acceptors (Lipinski definition) is 8. The van der Waals surface area contributed by atoms with Crippen LogP contribution in [0.2, 0.25) is 0 Å². The van der Waals surface area contributed by atoms with Gasteiger partial charge in [0.1, 0.15) is 18.6 Å². The lowest BCUT2D eigenvalue weighted by Gasteiger charge is -2.37. The third-order valence-electron chi connectivity index (χ3n) is 9.75. The molecule has 4 aliphatic heterocycles. The summed E-state index contributed by atoms with van der Waals surface area (Å²) in [5.41, 5.74) is 4.30. The van der Waals surface area contributed by atoms with Crippen LogP contribution >= 0.6 is 0 Å². The summed E-state index contributed by atoms with van der Waals surface area (Å²) in [5.74, 6) is -0.510. The average molecular weight is 595 g/mol. The first-order chi connectivity index (χ1) is 20.0. The standard InChI is InChI=1S/C29H35F5N6O2/c1-16-9-19(35)24(31)22(23(16)29(32,33)34)21-10-20-18(13-41-21)25(39-8-6-36-27(14-39)4-5-27)38-26(37-20)42-15-28-3-2-7-40(28)12-17(30)11-28/h9,17,21,36H,2-8,10-15,35H2,1H3/t17-,21+,28+/m1/s1. The third kappa shape index (κ3) is 4.77. The highest BCUT2D eigenvalue weighted by Gasteiger charge is 2.50. The minimum Gasteiger partial charge on any atom is -0.461 e. The van der Waals surface area contributed by atoms with Gasteiger partial charge in [-0.3, -0.25) is 4.90 Å². The SMILES string of the molecule is Cc1cc(N)c(F)c([C@@H]2Cc3nc(OC[C@@]45CCCN4C[C@H](F)C5)nc(N4CCNC5(CC5)C4)c3CO2)c1C(F)(F)F. The Kier molecular flexibility index (Phi) is 6.59. The van der Waals surface area contributed by atoms with Gasteiger partial charge in [-0.05, 0) is 50.8 Å². The van der Waals surface area contributed by atoms with Crippen LogP contribution in [-0.4, -0.2) is 71.4 Å². The van der Waals surface area contributed by atoms with Crippen molar-refractivity contribution in [3.05, 3.63) is 39.8 Å². The van der Waals surface area contributed by atoms with E-state index < -0.39 is 40.9 Å². The van der Waals surface area contributed by atoms with E-state index in [-0.39, 0.29) is 42.4 Å². The first-order valence-electron chi connectivity index (χ1n) is 14.7. The van der Waals surface area contributed by atoms with E-state index in [1.165, 1.54) is 6.92 Å². The molecule has 1 aliphatic carbocycles. The van der Waals surface area contributed by atoms with Gasteiger partial charge in [-0.1, -0.05) is 0 Å². The Morgan fingerprint density at radius 2 is 2.02 bits per heavy atom. The molecular formula is C29H35F5N6O2. The van der Waals surface area contributed by atoms with Crippen molar-refractivity contribution < 1.29 is 31.4 Å². The lowest BCUT2D eigenvalue weighted by Crippen LogP contribution is -2.53. The molecule has 1 spiro atoms. The number of alkyl halides is 4. The second kappa shape index (κ2) is 9.88. The van der Waals surface area contributed by atoms with E-state index in [4.69, 9.17) is 20.2 Å². The lowest BCUT2D eigenvalue weighted by molar-refractivity contribution is -0.140. The Labute approximate surface area is 240 Å². The number of piperazine rings is 1. The maximum Gasteiger partial charge on any atom is 0.417 e. The summed E-state index contributed by atoms with van der Waals surface area (Å²) < 4.78 is 84.3. The highest BCUT2D eigenvalue weighted by molar-refractivity contribution is 5.55. The number of halogens is 5. The van der Waals surface area contributed by atoms with Crippen molar-refractivity contribution in [1.82, 2.24) is 20.2 Å². The van der Waals surface area contributed by atoms with E-state index in [9.17, 15) is 17.6 Å². The van der Waals surface area contributed by atoms with E-state index in [1.54, 1.807) is 0 Å². The van der Waals surface area contributed by atoms with E-state index in [0.717, 1.165) is 51.4 Å². The van der Waals surface area contributed by atoms with Gasteiger partial charge in [-0.25, -0.2) is 8.78 Å². The minimum atomic E-state index is -4.80. The number of benzene rings is 1. The quantitative estimate of drug-likeness (QED) is 0.393. The van der Waals surface area contributed by atoms with Crippen molar-refractivity contribution in [2.45, 2.75) is 81.6 Å². The zero-order valence-corrected chi connectivity index (χ0v) is 23.5. The number of ether oxygens (including phenoxy) is 2. The van der Waals surface area contributed by atoms with E-state index in [2.05, 4.69) is 20.1 Å². The smallest absolute Gasteiger partial charge is 0.417 e. The van der Waals surface area contributed by atoms with E-state index in [0.29, 0.717) is 36.6 Å². The second-order valence-corrected chi connectivity index (χ2v) is 12.6. The number of aryl methyl sites for hydroxylation is 1. The molecule has 7 rings (SSSR count). The summed E-state index contributed by atoms with van der Waals surface area (Å²) in [4.78, 5) is 13.7. The molecule has 13 heteroatoms. The second-order valence-electron chi connectivity index (χ2n) is 12.6. The largest absolute Gasteiger partial charge is 0.461 e. The number of anilines is 2. The Hall–Kier alpha value is -2.77. The Bertz CT molecular complexity index is 1400. The number of hydrogen-bond donors (Lipinski definition) is 2. The fourth-order valence-electron chi connectivity index (χ4n) is 7.54. The lowest BCUT2D eigenvalue weighted by atomic mass is 9.91. The monoisotopic (exact) mass is 594 g/mol. The highest BCUT2D eigenvalue weighted by atomic mass is 19.4. The summed E-state index contributed by atoms with van der Waals surface area (Å²) in [6.07, 6.45) is -2.81. The zero-order chi connectivity index (χ0) is 29.4. The molecule has 1 aromatic heterocycles. The van der Waals surface area contributed by atoms with Crippen LogP contribution < -0.4 is 20.7 Å². The van der Waals surface area contributed by atoms with Crippen molar-refractivity contribution in [1.29, 1.82) is 0 Å². The highest BCUT2D eigenvalue weighted by Crippen LogP contribution is 2.46. The van der Waals surface area contributed by atoms with Gasteiger partial charge in [-0.15, -0.1) is 0 Å². The molecule has 3 saturated heterocycles. The molecule has 5 heterocycles. The molecular weight excluding hydrogens is 559 g/mol. The summed E-state index contributed by atoms with van der Waals surface area (Å²) in [6.45, 7) is 4.76. The van der Waals surface area contributed by atoms with E-state index >= 15 is 4.39 Å². The van der Waals surface area contributed by atoms with Gasteiger partial charge < -0.3 is 25.4 Å². The fourth-order valence-corrected chi connectivity index (χ4v) is 7.54. The Balaban J connectivity index is 1.25. The normalized spacial score (nSPS) is 28.7. The minimum absolute atomic E-state index is 0.0301. The van der Waals surface area contributed by atoms with E-state index in [1.807, 2.05) is 0 Å². The fraction of sp³-hybridized carbons (Fsp3) is 0.655. The molecule has 0 radical (unpaired) electrons. The summed E-state index contributed by atoms with van der Waals surface area (Å²) in [6, 6.07) is 1.09. The van der Waals surface area contributed by atoms with Gasteiger partial charge in [0.25, 0.3) is 0 Å². The van der Waals surface area contributed by atoms with Crippen LogP contribution in [0.4, 0.5) is 33.5 Å². The molecule has 0 amide bonds. The topological polar surface area (TPSA) is 88.8 Å². The van der Waals surface area contributed by atoms with Crippen LogP contribution in [0.5, 0.6) is 6.01 Å². The molecule has 1 aromatic carbocycles. The van der Waals surface area contributed by atoms with Crippen molar-refractivity contribution in [3.8, 4) is 6.01 Å².